The highest BCUT2D eigenvalue weighted by Gasteiger charge is 2.08. The van der Waals surface area contributed by atoms with Crippen molar-refractivity contribution in [1.82, 2.24) is 29.8 Å². The van der Waals surface area contributed by atoms with E-state index >= 15 is 0 Å². The molecule has 0 fully saturated rings. The monoisotopic (exact) mass is 321 g/mol. The summed E-state index contributed by atoms with van der Waals surface area (Å²) < 4.78 is 1.69. The molecule has 0 amide bonds. The van der Waals surface area contributed by atoms with E-state index in [4.69, 9.17) is 4.98 Å². The van der Waals surface area contributed by atoms with Crippen LogP contribution < -0.4 is 5.32 Å². The molecule has 0 aliphatic rings. The summed E-state index contributed by atoms with van der Waals surface area (Å²) >= 11 is 0. The number of aromatic amines is 1. The van der Waals surface area contributed by atoms with Gasteiger partial charge in [0.2, 0.25) is 5.65 Å². The SMILES string of the molecule is Cc1cc(NCCc2nc3c(C)c(C)ccc3[nH]2)c2nncn2n1. The summed E-state index contributed by atoms with van der Waals surface area (Å²) in [6.07, 6.45) is 2.41. The summed E-state index contributed by atoms with van der Waals surface area (Å²) in [5, 5.41) is 15.8. The highest BCUT2D eigenvalue weighted by atomic mass is 15.3. The minimum absolute atomic E-state index is 0.733. The van der Waals surface area contributed by atoms with Crippen LogP contribution in [0.3, 0.4) is 0 Å². The maximum atomic E-state index is 4.73. The zero-order valence-electron chi connectivity index (χ0n) is 14.0. The first-order chi connectivity index (χ1) is 11.6. The van der Waals surface area contributed by atoms with Crippen molar-refractivity contribution < 1.29 is 0 Å². The van der Waals surface area contributed by atoms with Crippen molar-refractivity contribution in [2.75, 3.05) is 11.9 Å². The van der Waals surface area contributed by atoms with Crippen molar-refractivity contribution in [3.8, 4) is 0 Å². The molecule has 0 atom stereocenters. The van der Waals surface area contributed by atoms with Gasteiger partial charge in [-0.2, -0.15) is 9.61 Å². The largest absolute Gasteiger partial charge is 0.381 e. The molecule has 0 saturated heterocycles. The van der Waals surface area contributed by atoms with Gasteiger partial charge >= 0.3 is 0 Å². The standard InChI is InChI=1S/C17H19N7/c1-10-4-5-13-16(12(10)3)21-15(20-13)6-7-18-14-8-11(2)23-24-9-19-22-17(14)24/h4-5,8-9,18H,6-7H2,1-3H3,(H,20,21). The number of benzene rings is 1. The highest BCUT2D eigenvalue weighted by Crippen LogP contribution is 2.20. The molecule has 2 N–H and O–H groups in total. The number of imidazole rings is 1. The van der Waals surface area contributed by atoms with Gasteiger partial charge in [-0.05, 0) is 44.0 Å². The average molecular weight is 321 g/mol. The van der Waals surface area contributed by atoms with Crippen molar-refractivity contribution in [2.45, 2.75) is 27.2 Å². The van der Waals surface area contributed by atoms with E-state index in [1.165, 1.54) is 11.1 Å². The van der Waals surface area contributed by atoms with Crippen LogP contribution in [0.15, 0.2) is 24.5 Å². The predicted molar refractivity (Wildman–Crippen MR) is 93.3 cm³/mol. The first kappa shape index (κ1) is 14.6. The third kappa shape index (κ3) is 2.47. The molecule has 0 aliphatic heterocycles. The summed E-state index contributed by atoms with van der Waals surface area (Å²) in [7, 11) is 0. The highest BCUT2D eigenvalue weighted by molar-refractivity contribution is 5.79. The van der Waals surface area contributed by atoms with Crippen LogP contribution in [0.25, 0.3) is 16.7 Å². The van der Waals surface area contributed by atoms with Crippen molar-refractivity contribution in [2.24, 2.45) is 0 Å². The summed E-state index contributed by atoms with van der Waals surface area (Å²) in [5.74, 6) is 0.981. The molecule has 0 radical (unpaired) electrons. The molecular formula is C17H19N7. The van der Waals surface area contributed by atoms with E-state index in [0.717, 1.165) is 46.9 Å². The van der Waals surface area contributed by atoms with Crippen molar-refractivity contribution in [1.29, 1.82) is 0 Å². The smallest absolute Gasteiger partial charge is 0.200 e. The molecular weight excluding hydrogens is 302 g/mol. The molecule has 0 bridgehead atoms. The van der Waals surface area contributed by atoms with E-state index in [1.807, 2.05) is 13.0 Å². The summed E-state index contributed by atoms with van der Waals surface area (Å²) in [6.45, 7) is 6.93. The summed E-state index contributed by atoms with van der Waals surface area (Å²) in [5.41, 5.74) is 7.23. The van der Waals surface area contributed by atoms with E-state index in [1.54, 1.807) is 10.8 Å². The fourth-order valence-electron chi connectivity index (χ4n) is 2.88. The number of hydrogen-bond donors (Lipinski definition) is 2. The lowest BCUT2D eigenvalue weighted by molar-refractivity contribution is 0.887. The Morgan fingerprint density at radius 2 is 2.08 bits per heavy atom. The van der Waals surface area contributed by atoms with Gasteiger partial charge in [-0.3, -0.25) is 0 Å². The molecule has 0 unspecified atom stereocenters. The summed E-state index contributed by atoms with van der Waals surface area (Å²) in [6, 6.07) is 6.20. The van der Waals surface area contributed by atoms with Gasteiger partial charge in [-0.15, -0.1) is 10.2 Å². The van der Waals surface area contributed by atoms with Crippen molar-refractivity contribution in [3.63, 3.8) is 0 Å². The Balaban J connectivity index is 1.53. The van der Waals surface area contributed by atoms with E-state index < -0.39 is 0 Å². The van der Waals surface area contributed by atoms with Crippen LogP contribution >= 0.6 is 0 Å². The molecule has 0 saturated carbocycles. The molecule has 122 valence electrons. The number of nitrogens with zero attached hydrogens (tertiary/aromatic N) is 5. The Kier molecular flexibility index (Phi) is 3.41. The minimum atomic E-state index is 0.733. The zero-order valence-corrected chi connectivity index (χ0v) is 14.0. The average Bonchev–Trinajstić information content (AvgIpc) is 3.17. The molecule has 1 aromatic carbocycles. The maximum absolute atomic E-state index is 4.73. The van der Waals surface area contributed by atoms with Gasteiger partial charge < -0.3 is 10.3 Å². The second-order valence-electron chi connectivity index (χ2n) is 6.06. The lowest BCUT2D eigenvalue weighted by atomic mass is 10.1. The topological polar surface area (TPSA) is 83.8 Å². The van der Waals surface area contributed by atoms with Gasteiger partial charge in [0.1, 0.15) is 12.2 Å². The number of hydrogen-bond acceptors (Lipinski definition) is 5. The van der Waals surface area contributed by atoms with E-state index in [9.17, 15) is 0 Å². The Hall–Kier alpha value is -2.96. The van der Waals surface area contributed by atoms with E-state index in [0.29, 0.717) is 0 Å². The predicted octanol–water partition coefficient (Wildman–Crippen LogP) is 2.58. The number of aromatic nitrogens is 6. The third-order valence-corrected chi connectivity index (χ3v) is 4.29. The summed E-state index contributed by atoms with van der Waals surface area (Å²) in [4.78, 5) is 8.13. The van der Waals surface area contributed by atoms with Crippen LogP contribution in [0.5, 0.6) is 0 Å². The first-order valence-electron chi connectivity index (χ1n) is 7.98. The van der Waals surface area contributed by atoms with Crippen LogP contribution in [0.1, 0.15) is 22.6 Å². The molecule has 0 spiro atoms. The van der Waals surface area contributed by atoms with Crippen LogP contribution in [-0.4, -0.2) is 36.3 Å². The molecule has 4 aromatic rings. The molecule has 0 aliphatic carbocycles. The van der Waals surface area contributed by atoms with Gasteiger partial charge in [0, 0.05) is 13.0 Å². The van der Waals surface area contributed by atoms with Gasteiger partial charge in [0.05, 0.1) is 22.4 Å². The van der Waals surface area contributed by atoms with Crippen LogP contribution in [-0.2, 0) is 6.42 Å². The quantitative estimate of drug-likeness (QED) is 0.603. The van der Waals surface area contributed by atoms with E-state index in [-0.39, 0.29) is 0 Å². The molecule has 7 heteroatoms. The third-order valence-electron chi connectivity index (χ3n) is 4.29. The Morgan fingerprint density at radius 1 is 1.21 bits per heavy atom. The lowest BCUT2D eigenvalue weighted by Gasteiger charge is -2.06. The van der Waals surface area contributed by atoms with Crippen LogP contribution in [0.2, 0.25) is 0 Å². The second kappa shape index (κ2) is 5.59. The zero-order chi connectivity index (χ0) is 16.7. The van der Waals surface area contributed by atoms with Crippen LogP contribution in [0.4, 0.5) is 5.69 Å². The molecule has 3 aromatic heterocycles. The van der Waals surface area contributed by atoms with E-state index in [2.05, 4.69) is 51.6 Å². The maximum Gasteiger partial charge on any atom is 0.200 e. The molecule has 7 nitrogen and oxygen atoms in total. The van der Waals surface area contributed by atoms with Gasteiger partial charge in [-0.25, -0.2) is 4.98 Å². The Labute approximate surface area is 139 Å². The van der Waals surface area contributed by atoms with Gasteiger partial charge in [0.15, 0.2) is 0 Å². The molecule has 4 rings (SSSR count). The van der Waals surface area contributed by atoms with Crippen molar-refractivity contribution >= 4 is 22.4 Å². The number of nitrogens with one attached hydrogen (secondary N) is 2. The molecule has 24 heavy (non-hydrogen) atoms. The minimum Gasteiger partial charge on any atom is -0.381 e. The molecule has 3 heterocycles. The van der Waals surface area contributed by atoms with Gasteiger partial charge in [0.25, 0.3) is 0 Å². The number of fused-ring (bicyclic) bond motifs is 2. The van der Waals surface area contributed by atoms with Crippen molar-refractivity contribution in [3.05, 3.63) is 47.2 Å². The number of rotatable bonds is 4. The van der Waals surface area contributed by atoms with Crippen LogP contribution in [0, 0.1) is 20.8 Å². The second-order valence-corrected chi connectivity index (χ2v) is 6.06. The Bertz CT molecular complexity index is 1030. The number of H-pyrrole nitrogens is 1. The number of aryl methyl sites for hydroxylation is 3. The Morgan fingerprint density at radius 3 is 2.96 bits per heavy atom. The normalized spacial score (nSPS) is 11.5. The fourth-order valence-corrected chi connectivity index (χ4v) is 2.88. The number of anilines is 1. The first-order valence-corrected chi connectivity index (χ1v) is 7.98. The lowest BCUT2D eigenvalue weighted by Crippen LogP contribution is -2.08. The fraction of sp³-hybridized carbons (Fsp3) is 0.294. The van der Waals surface area contributed by atoms with Gasteiger partial charge in [-0.1, -0.05) is 6.07 Å².